The van der Waals surface area contributed by atoms with Crippen LogP contribution in [0.2, 0.25) is 0 Å². The minimum absolute atomic E-state index is 0.306. The number of hydrogen-bond acceptors (Lipinski definition) is 4. The van der Waals surface area contributed by atoms with Crippen molar-refractivity contribution in [3.63, 3.8) is 0 Å². The highest BCUT2D eigenvalue weighted by Crippen LogP contribution is 2.16. The lowest BCUT2D eigenvalue weighted by Crippen LogP contribution is -2.45. The molecule has 0 saturated carbocycles. The molecular formula is C9H12BrFN4. The summed E-state index contributed by atoms with van der Waals surface area (Å²) in [5, 5.41) is 0. The van der Waals surface area contributed by atoms with Crippen molar-refractivity contribution in [3.05, 3.63) is 16.6 Å². The number of likely N-dealkylation sites (N-methyl/N-ethyl adjacent to an activating group) is 1. The lowest BCUT2D eigenvalue weighted by Gasteiger charge is -2.32. The molecule has 1 fully saturated rings. The van der Waals surface area contributed by atoms with Crippen molar-refractivity contribution in [2.24, 2.45) is 0 Å². The number of anilines is 1. The van der Waals surface area contributed by atoms with E-state index in [1.54, 1.807) is 0 Å². The van der Waals surface area contributed by atoms with E-state index in [1.165, 1.54) is 6.20 Å². The van der Waals surface area contributed by atoms with Gasteiger partial charge in [0.25, 0.3) is 0 Å². The number of nitrogens with zero attached hydrogens (tertiary/aromatic N) is 4. The van der Waals surface area contributed by atoms with E-state index in [-0.39, 0.29) is 0 Å². The zero-order valence-electron chi connectivity index (χ0n) is 8.45. The molecular weight excluding hydrogens is 263 g/mol. The molecule has 0 atom stereocenters. The lowest BCUT2D eigenvalue weighted by atomic mass is 10.3. The molecule has 82 valence electrons. The largest absolute Gasteiger partial charge is 0.338 e. The van der Waals surface area contributed by atoms with Crippen molar-refractivity contribution in [3.8, 4) is 0 Å². The molecule has 0 unspecified atom stereocenters. The third kappa shape index (κ3) is 2.43. The fourth-order valence-electron chi connectivity index (χ4n) is 1.50. The maximum Gasteiger partial charge on any atom is 0.232 e. The van der Waals surface area contributed by atoms with Crippen LogP contribution in [-0.4, -0.2) is 48.1 Å². The van der Waals surface area contributed by atoms with Gasteiger partial charge in [-0.25, -0.2) is 4.98 Å². The molecule has 1 saturated heterocycles. The Hall–Kier alpha value is -0.750. The second-order valence-corrected chi connectivity index (χ2v) is 4.45. The number of rotatable bonds is 1. The van der Waals surface area contributed by atoms with Gasteiger partial charge in [0.05, 0.1) is 4.47 Å². The summed E-state index contributed by atoms with van der Waals surface area (Å²) in [6.45, 7) is 3.61. The topological polar surface area (TPSA) is 32.3 Å². The van der Waals surface area contributed by atoms with Crippen molar-refractivity contribution in [2.45, 2.75) is 0 Å². The zero-order chi connectivity index (χ0) is 10.8. The second kappa shape index (κ2) is 4.40. The Bertz CT molecular complexity index is 352. The highest BCUT2D eigenvalue weighted by atomic mass is 79.9. The van der Waals surface area contributed by atoms with Crippen LogP contribution in [0.5, 0.6) is 0 Å². The highest BCUT2D eigenvalue weighted by Gasteiger charge is 2.17. The van der Waals surface area contributed by atoms with Crippen molar-refractivity contribution in [1.82, 2.24) is 14.9 Å². The first kappa shape index (κ1) is 10.8. The zero-order valence-corrected chi connectivity index (χ0v) is 10.0. The van der Waals surface area contributed by atoms with Crippen molar-refractivity contribution >= 4 is 21.9 Å². The lowest BCUT2D eigenvalue weighted by molar-refractivity contribution is 0.310. The summed E-state index contributed by atoms with van der Waals surface area (Å²) in [6.07, 6.45) is 1.45. The Labute approximate surface area is 96.2 Å². The van der Waals surface area contributed by atoms with Crippen molar-refractivity contribution < 1.29 is 4.39 Å². The molecule has 1 aliphatic heterocycles. The van der Waals surface area contributed by atoms with Gasteiger partial charge in [-0.15, -0.1) is 0 Å². The highest BCUT2D eigenvalue weighted by molar-refractivity contribution is 9.10. The maximum absolute atomic E-state index is 13.2. The minimum atomic E-state index is -0.501. The molecule has 0 aliphatic carbocycles. The fourth-order valence-corrected chi connectivity index (χ4v) is 1.69. The second-order valence-electron chi connectivity index (χ2n) is 3.60. The number of piperazine rings is 1. The Morgan fingerprint density at radius 3 is 2.60 bits per heavy atom. The average Bonchev–Trinajstić information content (AvgIpc) is 2.23. The molecule has 6 heteroatoms. The quantitative estimate of drug-likeness (QED) is 0.719. The van der Waals surface area contributed by atoms with E-state index >= 15 is 0 Å². The predicted octanol–water partition coefficient (Wildman–Crippen LogP) is 1.13. The SMILES string of the molecule is CN1CCN(c2ncc(Br)c(F)n2)CC1. The number of aromatic nitrogens is 2. The van der Waals surface area contributed by atoms with Gasteiger partial charge in [-0.1, -0.05) is 0 Å². The molecule has 1 aromatic heterocycles. The van der Waals surface area contributed by atoms with E-state index in [0.717, 1.165) is 26.2 Å². The monoisotopic (exact) mass is 274 g/mol. The summed E-state index contributed by atoms with van der Waals surface area (Å²) < 4.78 is 13.5. The van der Waals surface area contributed by atoms with Gasteiger partial charge < -0.3 is 9.80 Å². The van der Waals surface area contributed by atoms with E-state index in [9.17, 15) is 4.39 Å². The summed E-state index contributed by atoms with van der Waals surface area (Å²) in [4.78, 5) is 12.1. The molecule has 0 spiro atoms. The van der Waals surface area contributed by atoms with Gasteiger partial charge in [0, 0.05) is 32.4 Å². The minimum Gasteiger partial charge on any atom is -0.338 e. The third-order valence-corrected chi connectivity index (χ3v) is 3.01. The van der Waals surface area contributed by atoms with Crippen LogP contribution in [0.4, 0.5) is 10.3 Å². The molecule has 2 heterocycles. The third-order valence-electron chi connectivity index (χ3n) is 2.47. The molecule has 1 aromatic rings. The number of halogens is 2. The summed E-state index contributed by atoms with van der Waals surface area (Å²) in [5.41, 5.74) is 0. The first-order valence-corrected chi connectivity index (χ1v) is 5.57. The molecule has 2 rings (SSSR count). The van der Waals surface area contributed by atoms with E-state index in [0.29, 0.717) is 10.4 Å². The van der Waals surface area contributed by atoms with Crippen LogP contribution in [0.15, 0.2) is 10.7 Å². The Kier molecular flexibility index (Phi) is 3.16. The first-order chi connectivity index (χ1) is 7.16. The van der Waals surface area contributed by atoms with Gasteiger partial charge in [0.2, 0.25) is 11.9 Å². The summed E-state index contributed by atoms with van der Waals surface area (Å²) >= 11 is 3.04. The predicted molar refractivity (Wildman–Crippen MR) is 59.4 cm³/mol. The normalized spacial score (nSPS) is 18.2. The molecule has 4 nitrogen and oxygen atoms in total. The Balaban J connectivity index is 2.12. The summed E-state index contributed by atoms with van der Waals surface area (Å²) in [7, 11) is 2.07. The Morgan fingerprint density at radius 1 is 1.33 bits per heavy atom. The molecule has 0 radical (unpaired) electrons. The summed E-state index contributed by atoms with van der Waals surface area (Å²) in [5.74, 6) is -0.0253. The van der Waals surface area contributed by atoms with E-state index in [4.69, 9.17) is 0 Å². The van der Waals surface area contributed by atoms with Gasteiger partial charge in [-0.3, -0.25) is 0 Å². The van der Waals surface area contributed by atoms with Crippen LogP contribution in [0.3, 0.4) is 0 Å². The van der Waals surface area contributed by atoms with Crippen LogP contribution >= 0.6 is 15.9 Å². The van der Waals surface area contributed by atoms with Crippen LogP contribution in [0.1, 0.15) is 0 Å². The first-order valence-electron chi connectivity index (χ1n) is 4.78. The fraction of sp³-hybridized carbons (Fsp3) is 0.556. The molecule has 0 N–H and O–H groups in total. The maximum atomic E-state index is 13.2. The molecule has 0 amide bonds. The smallest absolute Gasteiger partial charge is 0.232 e. The Morgan fingerprint density at radius 2 is 2.00 bits per heavy atom. The van der Waals surface area contributed by atoms with Crippen LogP contribution in [0, 0.1) is 5.95 Å². The molecule has 0 aromatic carbocycles. The van der Waals surface area contributed by atoms with Gasteiger partial charge >= 0.3 is 0 Å². The molecule has 15 heavy (non-hydrogen) atoms. The van der Waals surface area contributed by atoms with Gasteiger partial charge in [0.15, 0.2) is 0 Å². The van der Waals surface area contributed by atoms with E-state index in [1.807, 2.05) is 4.90 Å². The van der Waals surface area contributed by atoms with Crippen LogP contribution in [-0.2, 0) is 0 Å². The summed E-state index contributed by atoms with van der Waals surface area (Å²) in [6, 6.07) is 0. The van der Waals surface area contributed by atoms with E-state index < -0.39 is 5.95 Å². The average molecular weight is 275 g/mol. The van der Waals surface area contributed by atoms with E-state index in [2.05, 4.69) is 37.8 Å². The van der Waals surface area contributed by atoms with Gasteiger partial charge in [-0.2, -0.15) is 9.37 Å². The van der Waals surface area contributed by atoms with Crippen molar-refractivity contribution in [2.75, 3.05) is 38.1 Å². The van der Waals surface area contributed by atoms with Crippen LogP contribution < -0.4 is 4.90 Å². The van der Waals surface area contributed by atoms with Gasteiger partial charge in [0.1, 0.15) is 0 Å². The van der Waals surface area contributed by atoms with Crippen LogP contribution in [0.25, 0.3) is 0 Å². The number of hydrogen-bond donors (Lipinski definition) is 0. The van der Waals surface area contributed by atoms with Crippen molar-refractivity contribution in [1.29, 1.82) is 0 Å². The molecule has 1 aliphatic rings. The molecule has 0 bridgehead atoms. The van der Waals surface area contributed by atoms with Gasteiger partial charge in [-0.05, 0) is 23.0 Å². The standard InChI is InChI=1S/C9H12BrFN4/c1-14-2-4-15(5-3-14)9-12-6-7(10)8(11)13-9/h6H,2-5H2,1H3.